The Morgan fingerprint density at radius 1 is 1.10 bits per heavy atom. The predicted molar refractivity (Wildman–Crippen MR) is 159 cm³/mol. The molecule has 214 valence electrons. The number of anilines is 3. The number of piperazine rings is 1. The first-order chi connectivity index (χ1) is 19.6. The average molecular weight is 558 g/mol. The van der Waals surface area contributed by atoms with Gasteiger partial charge in [-0.2, -0.15) is 4.98 Å². The Hall–Kier alpha value is -4.71. The van der Waals surface area contributed by atoms with Gasteiger partial charge in [0, 0.05) is 57.8 Å². The maximum Gasteiger partial charge on any atom is 0.319 e. The van der Waals surface area contributed by atoms with E-state index in [-0.39, 0.29) is 18.1 Å². The van der Waals surface area contributed by atoms with E-state index in [9.17, 15) is 14.7 Å². The number of carbonyl (C=O) groups excluding carboxylic acids is 1. The second-order valence-corrected chi connectivity index (χ2v) is 10.7. The fourth-order valence-electron chi connectivity index (χ4n) is 4.81. The standard InChI is InChI=1S/C29H35N9O3/c1-6-14-37-26(39)22-19-30-27(33-25(22)38(37)24-9-7-8-23(32-24)29(2,3)41)31-20-10-12-21(13-11-20)35-15-17-36(18-16-35)28(40)34(4)5/h6-13,19,41H,1,14-18H2,2-5H3,(H,30,31,33). The molecule has 1 fully saturated rings. The minimum absolute atomic E-state index is 0.0344. The van der Waals surface area contributed by atoms with Crippen LogP contribution in [0.3, 0.4) is 0 Å². The van der Waals surface area contributed by atoms with Crippen LogP contribution >= 0.6 is 0 Å². The molecule has 1 aliphatic rings. The van der Waals surface area contributed by atoms with Crippen molar-refractivity contribution in [3.63, 3.8) is 0 Å². The van der Waals surface area contributed by atoms with Gasteiger partial charge >= 0.3 is 6.03 Å². The molecule has 4 heterocycles. The molecule has 4 aromatic rings. The van der Waals surface area contributed by atoms with Crippen LogP contribution < -0.4 is 15.8 Å². The number of aliphatic hydroxyl groups is 1. The van der Waals surface area contributed by atoms with Crippen LogP contribution in [-0.2, 0) is 12.1 Å². The van der Waals surface area contributed by atoms with Gasteiger partial charge in [-0.25, -0.2) is 24.1 Å². The number of carbonyl (C=O) groups is 1. The zero-order valence-corrected chi connectivity index (χ0v) is 23.8. The molecule has 0 aliphatic carbocycles. The Morgan fingerprint density at radius 2 is 1.80 bits per heavy atom. The first-order valence-corrected chi connectivity index (χ1v) is 13.4. The number of allylic oxidation sites excluding steroid dienone is 1. The zero-order valence-electron chi connectivity index (χ0n) is 23.8. The number of benzene rings is 1. The van der Waals surface area contributed by atoms with Crippen molar-refractivity contribution in [2.45, 2.75) is 26.0 Å². The van der Waals surface area contributed by atoms with Crippen LogP contribution in [0.2, 0.25) is 0 Å². The summed E-state index contributed by atoms with van der Waals surface area (Å²) in [4.78, 5) is 44.9. The fraction of sp³-hybridized carbons (Fsp3) is 0.345. The summed E-state index contributed by atoms with van der Waals surface area (Å²) >= 11 is 0. The molecule has 0 atom stereocenters. The molecule has 1 saturated heterocycles. The van der Waals surface area contributed by atoms with Gasteiger partial charge in [0.25, 0.3) is 5.56 Å². The highest BCUT2D eigenvalue weighted by atomic mass is 16.3. The third kappa shape index (κ3) is 5.64. The van der Waals surface area contributed by atoms with E-state index < -0.39 is 5.60 Å². The second-order valence-electron chi connectivity index (χ2n) is 10.7. The van der Waals surface area contributed by atoms with Crippen molar-refractivity contribution in [1.82, 2.24) is 34.1 Å². The Kier molecular flexibility index (Phi) is 7.50. The first-order valence-electron chi connectivity index (χ1n) is 13.4. The molecule has 2 N–H and O–H groups in total. The normalized spacial score (nSPS) is 13.9. The van der Waals surface area contributed by atoms with Crippen LogP contribution in [0.4, 0.5) is 22.1 Å². The number of urea groups is 1. The lowest BCUT2D eigenvalue weighted by atomic mass is 10.1. The quantitative estimate of drug-likeness (QED) is 0.333. The lowest BCUT2D eigenvalue weighted by Crippen LogP contribution is -2.51. The van der Waals surface area contributed by atoms with E-state index in [0.29, 0.717) is 41.6 Å². The van der Waals surface area contributed by atoms with Gasteiger partial charge in [0.05, 0.1) is 12.2 Å². The fourth-order valence-corrected chi connectivity index (χ4v) is 4.81. The largest absolute Gasteiger partial charge is 0.384 e. The monoisotopic (exact) mass is 557 g/mol. The molecule has 0 radical (unpaired) electrons. The lowest BCUT2D eigenvalue weighted by Gasteiger charge is -2.37. The van der Waals surface area contributed by atoms with E-state index in [1.807, 2.05) is 29.2 Å². The molecule has 12 nitrogen and oxygen atoms in total. The van der Waals surface area contributed by atoms with Gasteiger partial charge in [-0.05, 0) is 50.2 Å². The molecule has 3 aromatic heterocycles. The Bertz CT molecular complexity index is 1630. The molecule has 12 heteroatoms. The summed E-state index contributed by atoms with van der Waals surface area (Å²) in [6, 6.07) is 13.3. The van der Waals surface area contributed by atoms with Crippen molar-refractivity contribution in [3.8, 4) is 5.82 Å². The number of nitrogens with one attached hydrogen (secondary N) is 1. The number of aromatic nitrogens is 5. The summed E-state index contributed by atoms with van der Waals surface area (Å²) < 4.78 is 3.12. The third-order valence-electron chi connectivity index (χ3n) is 6.98. The van der Waals surface area contributed by atoms with Crippen LogP contribution in [0.5, 0.6) is 0 Å². The smallest absolute Gasteiger partial charge is 0.319 e. The first kappa shape index (κ1) is 27.8. The number of pyridine rings is 1. The molecule has 0 unspecified atom stereocenters. The molecule has 0 bridgehead atoms. The van der Waals surface area contributed by atoms with Crippen LogP contribution in [0.1, 0.15) is 19.5 Å². The van der Waals surface area contributed by atoms with Crippen molar-refractivity contribution >= 4 is 34.4 Å². The van der Waals surface area contributed by atoms with E-state index in [0.717, 1.165) is 24.5 Å². The van der Waals surface area contributed by atoms with Crippen molar-refractivity contribution in [2.24, 2.45) is 0 Å². The van der Waals surface area contributed by atoms with Gasteiger partial charge in [-0.1, -0.05) is 12.1 Å². The maximum atomic E-state index is 13.2. The van der Waals surface area contributed by atoms with E-state index in [1.165, 1.54) is 10.9 Å². The Morgan fingerprint density at radius 3 is 2.44 bits per heavy atom. The molecule has 2 amide bonds. The number of nitrogens with zero attached hydrogens (tertiary/aromatic N) is 8. The van der Waals surface area contributed by atoms with E-state index >= 15 is 0 Å². The lowest BCUT2D eigenvalue weighted by molar-refractivity contribution is 0.0738. The molecular weight excluding hydrogens is 522 g/mol. The zero-order chi connectivity index (χ0) is 29.3. The molecular formula is C29H35N9O3. The van der Waals surface area contributed by atoms with E-state index in [4.69, 9.17) is 0 Å². The minimum atomic E-state index is -1.16. The van der Waals surface area contributed by atoms with Crippen LogP contribution in [0.15, 0.2) is 66.1 Å². The number of hydrogen-bond donors (Lipinski definition) is 2. The van der Waals surface area contributed by atoms with Crippen LogP contribution in [0, 0.1) is 0 Å². The van der Waals surface area contributed by atoms with E-state index in [2.05, 4.69) is 31.7 Å². The van der Waals surface area contributed by atoms with Crippen molar-refractivity contribution < 1.29 is 9.90 Å². The van der Waals surface area contributed by atoms with Crippen molar-refractivity contribution in [3.05, 3.63) is 77.4 Å². The van der Waals surface area contributed by atoms with Gasteiger partial charge in [-0.15, -0.1) is 6.58 Å². The van der Waals surface area contributed by atoms with Crippen LogP contribution in [-0.4, -0.2) is 85.5 Å². The van der Waals surface area contributed by atoms with Gasteiger partial charge in [0.2, 0.25) is 5.95 Å². The average Bonchev–Trinajstić information content (AvgIpc) is 3.23. The molecule has 0 spiro atoms. The number of hydrogen-bond acceptors (Lipinski definition) is 8. The van der Waals surface area contributed by atoms with Crippen molar-refractivity contribution in [2.75, 3.05) is 50.5 Å². The highest BCUT2D eigenvalue weighted by Crippen LogP contribution is 2.24. The summed E-state index contributed by atoms with van der Waals surface area (Å²) in [7, 11) is 3.54. The molecule has 41 heavy (non-hydrogen) atoms. The van der Waals surface area contributed by atoms with Crippen LogP contribution in [0.25, 0.3) is 16.9 Å². The SMILES string of the molecule is C=CCn1c(=O)c2cnc(Nc3ccc(N4CCN(C(=O)N(C)C)CC4)cc3)nc2n1-c1cccc(C(C)(C)O)n1. The molecule has 0 saturated carbocycles. The third-order valence-corrected chi connectivity index (χ3v) is 6.98. The summed E-state index contributed by atoms with van der Waals surface area (Å²) in [5.41, 5.74) is 1.28. The number of rotatable bonds is 7. The summed E-state index contributed by atoms with van der Waals surface area (Å²) in [5.74, 6) is 0.768. The van der Waals surface area contributed by atoms with E-state index in [1.54, 1.807) is 61.8 Å². The molecule has 5 rings (SSSR count). The topological polar surface area (TPSA) is 125 Å². The van der Waals surface area contributed by atoms with Crippen molar-refractivity contribution in [1.29, 1.82) is 0 Å². The van der Waals surface area contributed by atoms with Gasteiger partial charge in [0.15, 0.2) is 11.5 Å². The minimum Gasteiger partial charge on any atom is -0.384 e. The Balaban J connectivity index is 1.40. The number of fused-ring (bicyclic) bond motifs is 1. The van der Waals surface area contributed by atoms with Gasteiger partial charge in [0.1, 0.15) is 11.0 Å². The second kappa shape index (κ2) is 11.0. The summed E-state index contributed by atoms with van der Waals surface area (Å²) in [6.07, 6.45) is 3.14. The molecule has 1 aliphatic heterocycles. The summed E-state index contributed by atoms with van der Waals surface area (Å²) in [5, 5.41) is 14.1. The molecule has 1 aromatic carbocycles. The highest BCUT2D eigenvalue weighted by molar-refractivity contribution is 5.77. The number of amides is 2. The Labute approximate surface area is 238 Å². The maximum absolute atomic E-state index is 13.2. The van der Waals surface area contributed by atoms with Gasteiger partial charge < -0.3 is 25.1 Å². The summed E-state index contributed by atoms with van der Waals surface area (Å²) in [6.45, 7) is 10.2. The van der Waals surface area contributed by atoms with Gasteiger partial charge in [-0.3, -0.25) is 4.79 Å². The predicted octanol–water partition coefficient (Wildman–Crippen LogP) is 2.94. The highest BCUT2D eigenvalue weighted by Gasteiger charge is 2.23.